The van der Waals surface area contributed by atoms with Crippen LogP contribution in [0.3, 0.4) is 0 Å². The Morgan fingerprint density at radius 1 is 1.33 bits per heavy atom. The van der Waals surface area contributed by atoms with Gasteiger partial charge in [-0.3, -0.25) is 4.79 Å². The number of hydrogen-bond acceptors (Lipinski definition) is 2. The zero-order chi connectivity index (χ0) is 13.2. The number of carbonyl (C=O) groups excluding carboxylic acids is 1. The molecule has 0 fully saturated rings. The van der Waals surface area contributed by atoms with Gasteiger partial charge in [-0.15, -0.1) is 0 Å². The van der Waals surface area contributed by atoms with Crippen LogP contribution in [-0.4, -0.2) is 18.6 Å². The molecule has 18 heavy (non-hydrogen) atoms. The maximum Gasteiger partial charge on any atom is 0.227 e. The number of ether oxygens (including phenoxy) is 1. The summed E-state index contributed by atoms with van der Waals surface area (Å²) in [6, 6.07) is 9.88. The van der Waals surface area contributed by atoms with Crippen molar-refractivity contribution in [1.82, 2.24) is 0 Å². The van der Waals surface area contributed by atoms with Gasteiger partial charge in [0.1, 0.15) is 5.60 Å². The lowest BCUT2D eigenvalue weighted by atomic mass is 9.76. The molecular weight excluding hydrogens is 226 g/mol. The summed E-state index contributed by atoms with van der Waals surface area (Å²) in [5.74, 6) is -0.833. The molecule has 1 aromatic rings. The van der Waals surface area contributed by atoms with E-state index in [0.29, 0.717) is 0 Å². The van der Waals surface area contributed by atoms with Gasteiger partial charge in [0.2, 0.25) is 5.91 Å². The number of nitrogens with two attached hydrogens (primary N) is 1. The Hall–Kier alpha value is -1.87. The summed E-state index contributed by atoms with van der Waals surface area (Å²) < 4.78 is 5.60. The van der Waals surface area contributed by atoms with E-state index in [0.717, 1.165) is 11.1 Å². The van der Waals surface area contributed by atoms with Gasteiger partial charge in [0.05, 0.1) is 5.92 Å². The lowest BCUT2D eigenvalue weighted by Crippen LogP contribution is -2.45. The van der Waals surface area contributed by atoms with Crippen LogP contribution in [0.5, 0.6) is 0 Å². The Labute approximate surface area is 107 Å². The van der Waals surface area contributed by atoms with Crippen molar-refractivity contribution in [3.8, 4) is 0 Å². The minimum absolute atomic E-state index is 0.378. The monoisotopic (exact) mass is 243 g/mol. The maximum atomic E-state index is 11.6. The molecule has 0 aromatic heterocycles. The van der Waals surface area contributed by atoms with Crippen LogP contribution >= 0.6 is 0 Å². The van der Waals surface area contributed by atoms with Crippen LogP contribution in [0.4, 0.5) is 0 Å². The van der Waals surface area contributed by atoms with Crippen molar-refractivity contribution in [2.24, 2.45) is 11.7 Å². The standard InChI is InChI=1S/C15H17NO2/c1-15(18-2)12(11-7-4-3-5-8-11)9-6-10-13(15)14(16)17/h3-10,13H,1-2H3,(H2,16,17). The highest BCUT2D eigenvalue weighted by Gasteiger charge is 2.41. The molecule has 2 rings (SSSR count). The van der Waals surface area contributed by atoms with E-state index in [9.17, 15) is 4.79 Å². The van der Waals surface area contributed by atoms with Crippen molar-refractivity contribution in [3.63, 3.8) is 0 Å². The molecule has 2 N–H and O–H groups in total. The SMILES string of the molecule is COC1(C)C(c2ccccc2)=CC=CC1C(N)=O. The van der Waals surface area contributed by atoms with E-state index >= 15 is 0 Å². The Balaban J connectivity index is 2.50. The minimum Gasteiger partial charge on any atom is -0.373 e. The minimum atomic E-state index is -0.720. The maximum absolute atomic E-state index is 11.6. The first kappa shape index (κ1) is 12.6. The average molecular weight is 243 g/mol. The Morgan fingerprint density at radius 2 is 2.00 bits per heavy atom. The van der Waals surface area contributed by atoms with E-state index in [1.165, 1.54) is 0 Å². The molecule has 2 atom stereocenters. The van der Waals surface area contributed by atoms with Crippen LogP contribution < -0.4 is 5.73 Å². The smallest absolute Gasteiger partial charge is 0.227 e. The van der Waals surface area contributed by atoms with Crippen molar-refractivity contribution >= 4 is 11.5 Å². The number of primary amides is 1. The molecule has 1 aromatic carbocycles. The van der Waals surface area contributed by atoms with Gasteiger partial charge in [-0.2, -0.15) is 0 Å². The summed E-state index contributed by atoms with van der Waals surface area (Å²) in [6.07, 6.45) is 5.62. The second kappa shape index (κ2) is 4.78. The van der Waals surface area contributed by atoms with Crippen LogP contribution in [0, 0.1) is 5.92 Å². The highest BCUT2D eigenvalue weighted by atomic mass is 16.5. The molecule has 0 radical (unpaired) electrons. The third-order valence-electron chi connectivity index (χ3n) is 3.51. The largest absolute Gasteiger partial charge is 0.373 e. The molecule has 3 nitrogen and oxygen atoms in total. The zero-order valence-electron chi connectivity index (χ0n) is 10.6. The molecule has 2 unspecified atom stereocenters. The van der Waals surface area contributed by atoms with Gasteiger partial charge in [-0.1, -0.05) is 48.6 Å². The summed E-state index contributed by atoms with van der Waals surface area (Å²) in [6.45, 7) is 1.89. The van der Waals surface area contributed by atoms with Crippen molar-refractivity contribution in [1.29, 1.82) is 0 Å². The van der Waals surface area contributed by atoms with Crippen molar-refractivity contribution in [3.05, 3.63) is 54.1 Å². The van der Waals surface area contributed by atoms with Crippen molar-refractivity contribution in [2.75, 3.05) is 7.11 Å². The number of carbonyl (C=O) groups is 1. The summed E-state index contributed by atoms with van der Waals surface area (Å²) in [5, 5.41) is 0. The molecular formula is C15H17NO2. The fourth-order valence-electron chi connectivity index (χ4n) is 2.38. The second-order valence-electron chi connectivity index (χ2n) is 4.52. The first-order valence-corrected chi connectivity index (χ1v) is 5.88. The topological polar surface area (TPSA) is 52.3 Å². The van der Waals surface area contributed by atoms with Gasteiger partial charge in [0.15, 0.2) is 0 Å². The van der Waals surface area contributed by atoms with Crippen LogP contribution in [0.25, 0.3) is 5.57 Å². The van der Waals surface area contributed by atoms with Crippen LogP contribution in [0.15, 0.2) is 48.6 Å². The van der Waals surface area contributed by atoms with Crippen LogP contribution in [0.2, 0.25) is 0 Å². The van der Waals surface area contributed by atoms with E-state index < -0.39 is 11.5 Å². The highest BCUT2D eigenvalue weighted by molar-refractivity contribution is 5.87. The summed E-state index contributed by atoms with van der Waals surface area (Å²) >= 11 is 0. The number of rotatable bonds is 3. The molecule has 94 valence electrons. The fraction of sp³-hybridized carbons (Fsp3) is 0.267. The van der Waals surface area contributed by atoms with E-state index in [4.69, 9.17) is 10.5 Å². The summed E-state index contributed by atoms with van der Waals surface area (Å²) in [7, 11) is 1.60. The van der Waals surface area contributed by atoms with Gasteiger partial charge < -0.3 is 10.5 Å². The summed E-state index contributed by atoms with van der Waals surface area (Å²) in [5.41, 5.74) is 6.75. The highest BCUT2D eigenvalue weighted by Crippen LogP contribution is 2.39. The average Bonchev–Trinajstić information content (AvgIpc) is 2.39. The fourth-order valence-corrected chi connectivity index (χ4v) is 2.38. The van der Waals surface area contributed by atoms with E-state index in [-0.39, 0.29) is 5.91 Å². The van der Waals surface area contributed by atoms with Gasteiger partial charge in [0.25, 0.3) is 0 Å². The zero-order valence-corrected chi connectivity index (χ0v) is 10.6. The first-order chi connectivity index (χ1) is 8.59. The van der Waals surface area contributed by atoms with Crippen molar-refractivity contribution < 1.29 is 9.53 Å². The number of benzene rings is 1. The van der Waals surface area contributed by atoms with E-state index in [1.54, 1.807) is 13.2 Å². The number of allylic oxidation sites excluding steroid dienone is 2. The van der Waals surface area contributed by atoms with Crippen LogP contribution in [-0.2, 0) is 9.53 Å². The second-order valence-corrected chi connectivity index (χ2v) is 4.52. The number of amides is 1. The van der Waals surface area contributed by atoms with Gasteiger partial charge >= 0.3 is 0 Å². The van der Waals surface area contributed by atoms with E-state index in [2.05, 4.69) is 0 Å². The number of hydrogen-bond donors (Lipinski definition) is 1. The molecule has 0 saturated heterocycles. The van der Waals surface area contributed by atoms with Gasteiger partial charge in [-0.25, -0.2) is 0 Å². The molecule has 0 bridgehead atoms. The van der Waals surface area contributed by atoms with E-state index in [1.807, 2.05) is 49.4 Å². The molecule has 0 aliphatic heterocycles. The van der Waals surface area contributed by atoms with Gasteiger partial charge in [-0.05, 0) is 18.1 Å². The lowest BCUT2D eigenvalue weighted by molar-refractivity contribution is -0.126. The molecule has 0 heterocycles. The molecule has 0 spiro atoms. The molecule has 1 amide bonds. The first-order valence-electron chi connectivity index (χ1n) is 5.88. The Bertz CT molecular complexity index is 504. The number of methoxy groups -OCH3 is 1. The molecule has 1 aliphatic rings. The van der Waals surface area contributed by atoms with Crippen LogP contribution in [0.1, 0.15) is 12.5 Å². The van der Waals surface area contributed by atoms with Crippen molar-refractivity contribution in [2.45, 2.75) is 12.5 Å². The third-order valence-corrected chi connectivity index (χ3v) is 3.51. The molecule has 3 heteroatoms. The molecule has 0 saturated carbocycles. The normalized spacial score (nSPS) is 26.8. The Morgan fingerprint density at radius 3 is 2.56 bits per heavy atom. The quantitative estimate of drug-likeness (QED) is 0.884. The predicted molar refractivity (Wildman–Crippen MR) is 71.7 cm³/mol. The lowest BCUT2D eigenvalue weighted by Gasteiger charge is -2.37. The molecule has 1 aliphatic carbocycles. The third kappa shape index (κ3) is 1.97. The predicted octanol–water partition coefficient (Wildman–Crippen LogP) is 2.15. The summed E-state index contributed by atoms with van der Waals surface area (Å²) in [4.78, 5) is 11.6. The van der Waals surface area contributed by atoms with Gasteiger partial charge in [0, 0.05) is 7.11 Å². The Kier molecular flexibility index (Phi) is 3.34.